The molecule has 2 aliphatic carbocycles. The number of amides is 1. The van der Waals surface area contributed by atoms with Crippen molar-refractivity contribution in [3.8, 4) is 6.07 Å². The van der Waals surface area contributed by atoms with Crippen LogP contribution < -0.4 is 10.2 Å². The lowest BCUT2D eigenvalue weighted by molar-refractivity contribution is -0.139. The number of carbonyl (C=O) groups is 1. The molecule has 0 bridgehead atoms. The van der Waals surface area contributed by atoms with Crippen LogP contribution in [0.5, 0.6) is 0 Å². The van der Waals surface area contributed by atoms with Crippen molar-refractivity contribution < 1.29 is 36.2 Å². The number of piperidine rings is 1. The number of anilines is 1. The van der Waals surface area contributed by atoms with Gasteiger partial charge in [0.05, 0.1) is 39.9 Å². The molecule has 1 saturated heterocycles. The predicted molar refractivity (Wildman–Crippen MR) is 119 cm³/mol. The molecule has 1 heterocycles. The number of hydrogen-bond donors (Lipinski definition) is 2. The van der Waals surface area contributed by atoms with Gasteiger partial charge in [-0.2, -0.15) is 18.4 Å². The van der Waals surface area contributed by atoms with Crippen molar-refractivity contribution in [2.75, 3.05) is 25.1 Å². The van der Waals surface area contributed by atoms with Crippen LogP contribution >= 0.6 is 0 Å². The second-order valence-corrected chi connectivity index (χ2v) is 11.8. The summed E-state index contributed by atoms with van der Waals surface area (Å²) in [6.45, 7) is 0.730. The Balaban J connectivity index is 1.61. The number of nitriles is 1. The zero-order valence-corrected chi connectivity index (χ0v) is 20.0. The molecular weight excluding hydrogens is 487 g/mol. The van der Waals surface area contributed by atoms with Gasteiger partial charge in [0.25, 0.3) is 0 Å². The first-order chi connectivity index (χ1) is 16.4. The van der Waals surface area contributed by atoms with Gasteiger partial charge in [0.2, 0.25) is 5.91 Å². The van der Waals surface area contributed by atoms with E-state index in [9.17, 15) is 36.8 Å². The quantitative estimate of drug-likeness (QED) is 0.597. The van der Waals surface area contributed by atoms with Crippen LogP contribution in [-0.4, -0.2) is 62.6 Å². The Hall–Kier alpha value is -2.36. The highest BCUT2D eigenvalue weighted by atomic mass is 32.2. The highest BCUT2D eigenvalue weighted by Crippen LogP contribution is 2.43. The second-order valence-electron chi connectivity index (χ2n) is 9.60. The molecule has 1 aliphatic heterocycles. The van der Waals surface area contributed by atoms with E-state index in [1.54, 1.807) is 4.90 Å². The maximum absolute atomic E-state index is 14.0. The summed E-state index contributed by atoms with van der Waals surface area (Å²) in [6, 6.07) is 5.23. The van der Waals surface area contributed by atoms with Crippen molar-refractivity contribution in [1.82, 2.24) is 5.32 Å². The number of aliphatic hydroxyl groups is 1. The number of carbonyl (C=O) groups excluding carboxylic acids is 1. The molecule has 8 nitrogen and oxygen atoms in total. The highest BCUT2D eigenvalue weighted by Gasteiger charge is 2.51. The lowest BCUT2D eigenvalue weighted by atomic mass is 10.0. The van der Waals surface area contributed by atoms with Crippen LogP contribution in [0.25, 0.3) is 0 Å². The number of rotatable bonds is 6. The molecule has 0 unspecified atom stereocenters. The zero-order valence-electron chi connectivity index (χ0n) is 19.2. The third kappa shape index (κ3) is 5.13. The summed E-state index contributed by atoms with van der Waals surface area (Å²) in [5.74, 6) is -1.41. The molecule has 0 radical (unpaired) electrons. The fourth-order valence-electron chi connectivity index (χ4n) is 4.95. The normalized spacial score (nSPS) is 26.9. The number of halogens is 3. The molecule has 2 saturated carbocycles. The van der Waals surface area contributed by atoms with Crippen molar-refractivity contribution in [1.29, 1.82) is 5.26 Å². The molecule has 2 N–H and O–H groups in total. The van der Waals surface area contributed by atoms with Crippen LogP contribution in [0, 0.1) is 17.2 Å². The van der Waals surface area contributed by atoms with E-state index in [1.165, 1.54) is 13.2 Å². The lowest BCUT2D eigenvalue weighted by Gasteiger charge is -2.32. The van der Waals surface area contributed by atoms with Crippen molar-refractivity contribution in [2.24, 2.45) is 5.92 Å². The summed E-state index contributed by atoms with van der Waals surface area (Å²) in [7, 11) is -3.13. The Labute approximate surface area is 202 Å². The van der Waals surface area contributed by atoms with Gasteiger partial charge < -0.3 is 20.1 Å². The van der Waals surface area contributed by atoms with Gasteiger partial charge >= 0.3 is 6.18 Å². The first-order valence-electron chi connectivity index (χ1n) is 11.5. The van der Waals surface area contributed by atoms with E-state index in [0.29, 0.717) is 38.8 Å². The molecule has 12 heteroatoms. The number of alkyl halides is 3. The fourth-order valence-corrected chi connectivity index (χ4v) is 6.95. The molecule has 0 aromatic heterocycles. The van der Waals surface area contributed by atoms with Gasteiger partial charge in [-0.25, -0.2) is 8.42 Å². The molecule has 1 amide bonds. The molecule has 1 aromatic rings. The minimum Gasteiger partial charge on any atom is -0.393 e. The number of sulfone groups is 1. The van der Waals surface area contributed by atoms with Crippen molar-refractivity contribution >= 4 is 21.4 Å². The standard InChI is InChI=1S/C23H28F3N3O5S/c1-34-19-12-16(11-17(19)21(31)28-22(13-27)6-7-22)35(32,33)20-3-2-14(10-18(20)23(24,25)26)29-8-4-15(30)5-9-29/h2-3,10,15-17,19,30H,4-9,11-12H2,1H3,(H,28,31)/t16-,17-,19-/m1/s1. The summed E-state index contributed by atoms with van der Waals surface area (Å²) < 4.78 is 74.2. The Morgan fingerprint density at radius 1 is 1.26 bits per heavy atom. The van der Waals surface area contributed by atoms with E-state index < -0.39 is 61.3 Å². The average molecular weight is 516 g/mol. The Morgan fingerprint density at radius 2 is 1.91 bits per heavy atom. The van der Waals surface area contributed by atoms with E-state index in [1.807, 2.05) is 6.07 Å². The first-order valence-corrected chi connectivity index (χ1v) is 13.1. The van der Waals surface area contributed by atoms with Crippen LogP contribution in [0.2, 0.25) is 0 Å². The SMILES string of the molecule is CO[C@@H]1C[C@H](S(=O)(=O)c2ccc(N3CCC(O)CC3)cc2C(F)(F)F)C[C@H]1C(=O)NC1(C#N)CC1. The topological polar surface area (TPSA) is 120 Å². The van der Waals surface area contributed by atoms with E-state index in [4.69, 9.17) is 4.74 Å². The Morgan fingerprint density at radius 3 is 2.46 bits per heavy atom. The monoisotopic (exact) mass is 515 g/mol. The van der Waals surface area contributed by atoms with Gasteiger partial charge in [-0.15, -0.1) is 0 Å². The van der Waals surface area contributed by atoms with Gasteiger partial charge in [-0.3, -0.25) is 4.79 Å². The third-order valence-electron chi connectivity index (χ3n) is 7.27. The minimum atomic E-state index is -4.91. The summed E-state index contributed by atoms with van der Waals surface area (Å²) in [5.41, 5.74) is -1.95. The van der Waals surface area contributed by atoms with Gasteiger partial charge in [-0.05, 0) is 56.7 Å². The second kappa shape index (κ2) is 9.26. The van der Waals surface area contributed by atoms with E-state index in [0.717, 1.165) is 12.1 Å². The van der Waals surface area contributed by atoms with Crippen LogP contribution in [0.1, 0.15) is 44.1 Å². The molecule has 35 heavy (non-hydrogen) atoms. The summed E-state index contributed by atoms with van der Waals surface area (Å²) in [5, 5.41) is 20.3. The van der Waals surface area contributed by atoms with Crippen molar-refractivity contribution in [3.63, 3.8) is 0 Å². The summed E-state index contributed by atoms with van der Waals surface area (Å²) in [6.07, 6.45) is -4.70. The third-order valence-corrected chi connectivity index (χ3v) is 9.50. The lowest BCUT2D eigenvalue weighted by Crippen LogP contribution is -2.42. The van der Waals surface area contributed by atoms with Crippen LogP contribution in [-0.2, 0) is 25.5 Å². The molecule has 3 fully saturated rings. The number of hydrogen-bond acceptors (Lipinski definition) is 7. The molecular formula is C23H28F3N3O5S. The summed E-state index contributed by atoms with van der Waals surface area (Å²) >= 11 is 0. The fraction of sp³-hybridized carbons (Fsp3) is 0.652. The van der Waals surface area contributed by atoms with E-state index in [-0.39, 0.29) is 18.5 Å². The van der Waals surface area contributed by atoms with Gasteiger partial charge in [-0.1, -0.05) is 0 Å². The molecule has 192 valence electrons. The van der Waals surface area contributed by atoms with Crippen LogP contribution in [0.3, 0.4) is 0 Å². The highest BCUT2D eigenvalue weighted by molar-refractivity contribution is 7.92. The minimum absolute atomic E-state index is 0.125. The Bertz CT molecular complexity index is 1120. The molecule has 3 aliphatic rings. The van der Waals surface area contributed by atoms with E-state index in [2.05, 4.69) is 5.32 Å². The number of methoxy groups -OCH3 is 1. The van der Waals surface area contributed by atoms with Crippen LogP contribution in [0.4, 0.5) is 18.9 Å². The van der Waals surface area contributed by atoms with Gasteiger partial charge in [0, 0.05) is 25.9 Å². The van der Waals surface area contributed by atoms with Crippen LogP contribution in [0.15, 0.2) is 23.1 Å². The van der Waals surface area contributed by atoms with Gasteiger partial charge in [0.1, 0.15) is 5.54 Å². The number of aliphatic hydroxyl groups excluding tert-OH is 1. The maximum atomic E-state index is 14.0. The zero-order chi connectivity index (χ0) is 25.6. The molecule has 0 spiro atoms. The van der Waals surface area contributed by atoms with Gasteiger partial charge in [0.15, 0.2) is 9.84 Å². The van der Waals surface area contributed by atoms with Crippen molar-refractivity contribution in [2.45, 2.75) is 72.6 Å². The Kier molecular flexibility index (Phi) is 6.81. The average Bonchev–Trinajstić information content (AvgIpc) is 3.44. The molecule has 1 aromatic carbocycles. The number of nitrogens with zero attached hydrogens (tertiary/aromatic N) is 2. The smallest absolute Gasteiger partial charge is 0.393 e. The summed E-state index contributed by atoms with van der Waals surface area (Å²) in [4.78, 5) is 13.6. The predicted octanol–water partition coefficient (Wildman–Crippen LogP) is 2.41. The van der Waals surface area contributed by atoms with Crippen molar-refractivity contribution in [3.05, 3.63) is 23.8 Å². The number of ether oxygens (including phenoxy) is 1. The maximum Gasteiger partial charge on any atom is 0.417 e. The number of benzene rings is 1. The number of nitrogens with one attached hydrogen (secondary N) is 1. The molecule has 3 atom stereocenters. The largest absolute Gasteiger partial charge is 0.417 e. The van der Waals surface area contributed by atoms with E-state index >= 15 is 0 Å². The molecule has 4 rings (SSSR count). The first kappa shape index (κ1) is 25.7.